The minimum atomic E-state index is -0.572. The monoisotopic (exact) mass is 283 g/mol. The van der Waals surface area contributed by atoms with Gasteiger partial charge in [0.1, 0.15) is 5.75 Å². The molecule has 1 aliphatic carbocycles. The van der Waals surface area contributed by atoms with Crippen LogP contribution in [-0.4, -0.2) is 29.3 Å². The molecule has 1 atom stereocenters. The second kappa shape index (κ2) is 5.80. The summed E-state index contributed by atoms with van der Waals surface area (Å²) < 4.78 is 5.63. The van der Waals surface area contributed by atoms with Crippen molar-refractivity contribution in [3.8, 4) is 5.75 Å². The fourth-order valence-electron chi connectivity index (χ4n) is 2.01. The Hall–Kier alpha value is -1.26. The van der Waals surface area contributed by atoms with Gasteiger partial charge in [0.05, 0.1) is 6.10 Å². The number of hydrogen-bond donors (Lipinski definition) is 2. The molecule has 5 heteroatoms. The van der Waals surface area contributed by atoms with Crippen LogP contribution >= 0.6 is 11.6 Å². The van der Waals surface area contributed by atoms with E-state index in [0.717, 1.165) is 5.56 Å². The highest BCUT2D eigenvalue weighted by molar-refractivity contribution is 6.30. The maximum Gasteiger partial charge on any atom is 0.260 e. The number of aliphatic hydroxyl groups excluding tert-OH is 1. The molecule has 0 spiro atoms. The third-order valence-electron chi connectivity index (χ3n) is 3.27. The zero-order chi connectivity index (χ0) is 14.0. The first-order valence-corrected chi connectivity index (χ1v) is 6.74. The molecule has 1 unspecified atom stereocenters. The van der Waals surface area contributed by atoms with Crippen molar-refractivity contribution in [3.63, 3.8) is 0 Å². The van der Waals surface area contributed by atoms with E-state index in [0.29, 0.717) is 23.6 Å². The van der Waals surface area contributed by atoms with Gasteiger partial charge in [-0.15, -0.1) is 0 Å². The number of benzene rings is 1. The fraction of sp³-hybridized carbons (Fsp3) is 0.500. The van der Waals surface area contributed by atoms with E-state index in [4.69, 9.17) is 16.3 Å². The second-order valence-corrected chi connectivity index (χ2v) is 5.44. The molecule has 0 aromatic heterocycles. The van der Waals surface area contributed by atoms with Crippen molar-refractivity contribution in [3.05, 3.63) is 28.8 Å². The third-order valence-corrected chi connectivity index (χ3v) is 3.50. The molecule has 1 amide bonds. The molecule has 0 saturated heterocycles. The molecule has 19 heavy (non-hydrogen) atoms. The maximum atomic E-state index is 11.9. The number of halogens is 1. The summed E-state index contributed by atoms with van der Waals surface area (Å²) in [4.78, 5) is 11.9. The van der Waals surface area contributed by atoms with Gasteiger partial charge in [0.15, 0.2) is 6.10 Å². The van der Waals surface area contributed by atoms with E-state index in [-0.39, 0.29) is 18.1 Å². The summed E-state index contributed by atoms with van der Waals surface area (Å²) in [7, 11) is 0. The van der Waals surface area contributed by atoms with Crippen LogP contribution in [0.15, 0.2) is 18.2 Å². The van der Waals surface area contributed by atoms with Gasteiger partial charge in [-0.1, -0.05) is 11.6 Å². The highest BCUT2D eigenvalue weighted by Gasteiger charge is 2.30. The molecule has 4 nitrogen and oxygen atoms in total. The van der Waals surface area contributed by atoms with E-state index < -0.39 is 6.10 Å². The standard InChI is InChI=1S/C14H18ClNO3/c1-8-5-10(15)3-4-13(8)19-9(2)14(18)16-11-6-12(17)7-11/h3-5,9,11-12,17H,6-7H2,1-2H3,(H,16,18). The van der Waals surface area contributed by atoms with Crippen LogP contribution < -0.4 is 10.1 Å². The summed E-state index contributed by atoms with van der Waals surface area (Å²) in [5.41, 5.74) is 0.895. The normalized spacial score (nSPS) is 23.4. The van der Waals surface area contributed by atoms with Crippen LogP contribution in [0, 0.1) is 6.92 Å². The summed E-state index contributed by atoms with van der Waals surface area (Å²) in [6, 6.07) is 5.36. The molecular weight excluding hydrogens is 266 g/mol. The minimum Gasteiger partial charge on any atom is -0.481 e. The summed E-state index contributed by atoms with van der Waals surface area (Å²) in [5, 5.41) is 12.7. The van der Waals surface area contributed by atoms with Gasteiger partial charge in [0.25, 0.3) is 5.91 Å². The summed E-state index contributed by atoms with van der Waals surface area (Å²) in [5.74, 6) is 0.493. The van der Waals surface area contributed by atoms with Crippen LogP contribution in [0.4, 0.5) is 0 Å². The van der Waals surface area contributed by atoms with Crippen molar-refractivity contribution in [1.82, 2.24) is 5.32 Å². The highest BCUT2D eigenvalue weighted by atomic mass is 35.5. The molecule has 1 aliphatic rings. The first kappa shape index (κ1) is 14.2. The van der Waals surface area contributed by atoms with Crippen molar-refractivity contribution >= 4 is 17.5 Å². The van der Waals surface area contributed by atoms with Gasteiger partial charge in [-0.05, 0) is 50.5 Å². The lowest BCUT2D eigenvalue weighted by Gasteiger charge is -2.32. The molecule has 1 saturated carbocycles. The van der Waals surface area contributed by atoms with Crippen molar-refractivity contribution in [1.29, 1.82) is 0 Å². The van der Waals surface area contributed by atoms with E-state index in [2.05, 4.69) is 5.32 Å². The molecule has 0 bridgehead atoms. The van der Waals surface area contributed by atoms with Gasteiger partial charge in [-0.3, -0.25) is 4.79 Å². The zero-order valence-corrected chi connectivity index (χ0v) is 11.8. The average molecular weight is 284 g/mol. The molecule has 104 valence electrons. The Morgan fingerprint density at radius 2 is 2.21 bits per heavy atom. The number of carbonyl (C=O) groups is 1. The van der Waals surface area contributed by atoms with Crippen molar-refractivity contribution in [2.45, 2.75) is 44.9 Å². The van der Waals surface area contributed by atoms with Crippen LogP contribution in [0.5, 0.6) is 5.75 Å². The predicted octanol–water partition coefficient (Wildman–Crippen LogP) is 2.06. The van der Waals surface area contributed by atoms with Gasteiger partial charge in [-0.25, -0.2) is 0 Å². The Kier molecular flexibility index (Phi) is 4.32. The van der Waals surface area contributed by atoms with Crippen LogP contribution in [0.1, 0.15) is 25.3 Å². The Morgan fingerprint density at radius 3 is 2.79 bits per heavy atom. The number of nitrogens with one attached hydrogen (secondary N) is 1. The van der Waals surface area contributed by atoms with E-state index in [1.165, 1.54) is 0 Å². The lowest BCUT2D eigenvalue weighted by atomic mass is 9.89. The lowest BCUT2D eigenvalue weighted by molar-refractivity contribution is -0.129. The van der Waals surface area contributed by atoms with E-state index in [1.807, 2.05) is 6.92 Å². The van der Waals surface area contributed by atoms with Crippen molar-refractivity contribution < 1.29 is 14.6 Å². The maximum absolute atomic E-state index is 11.9. The number of amides is 1. The van der Waals surface area contributed by atoms with Gasteiger partial charge < -0.3 is 15.2 Å². The topological polar surface area (TPSA) is 58.6 Å². The largest absolute Gasteiger partial charge is 0.481 e. The van der Waals surface area contributed by atoms with Crippen LogP contribution in [0.2, 0.25) is 5.02 Å². The van der Waals surface area contributed by atoms with Crippen molar-refractivity contribution in [2.75, 3.05) is 0 Å². The quantitative estimate of drug-likeness (QED) is 0.889. The predicted molar refractivity (Wildman–Crippen MR) is 73.5 cm³/mol. The summed E-state index contributed by atoms with van der Waals surface area (Å²) in [6.07, 6.45) is 0.397. The molecule has 1 fully saturated rings. The number of aliphatic hydroxyl groups is 1. The molecule has 1 aromatic rings. The second-order valence-electron chi connectivity index (χ2n) is 5.00. The van der Waals surface area contributed by atoms with Gasteiger partial charge in [0, 0.05) is 11.1 Å². The smallest absolute Gasteiger partial charge is 0.260 e. The van der Waals surface area contributed by atoms with E-state index in [1.54, 1.807) is 25.1 Å². The van der Waals surface area contributed by atoms with Gasteiger partial charge in [0.2, 0.25) is 0 Å². The Balaban J connectivity index is 1.89. The number of rotatable bonds is 4. The molecule has 0 heterocycles. The fourth-order valence-corrected chi connectivity index (χ4v) is 2.24. The van der Waals surface area contributed by atoms with Gasteiger partial charge in [-0.2, -0.15) is 0 Å². The third kappa shape index (κ3) is 3.61. The lowest BCUT2D eigenvalue weighted by Crippen LogP contribution is -2.50. The molecule has 1 aromatic carbocycles. The van der Waals surface area contributed by atoms with Crippen LogP contribution in [-0.2, 0) is 4.79 Å². The number of aryl methyl sites for hydroxylation is 1. The first-order chi connectivity index (χ1) is 8.95. The molecule has 2 rings (SSSR count). The average Bonchev–Trinajstić information content (AvgIpc) is 2.30. The summed E-state index contributed by atoms with van der Waals surface area (Å²) in [6.45, 7) is 3.59. The Bertz CT molecular complexity index is 472. The molecule has 0 radical (unpaired) electrons. The van der Waals surface area contributed by atoms with Crippen LogP contribution in [0.25, 0.3) is 0 Å². The Labute approximate surface area is 117 Å². The van der Waals surface area contributed by atoms with E-state index in [9.17, 15) is 9.90 Å². The SMILES string of the molecule is Cc1cc(Cl)ccc1OC(C)C(=O)NC1CC(O)C1. The minimum absolute atomic E-state index is 0.0693. The molecule has 0 aliphatic heterocycles. The number of hydrogen-bond acceptors (Lipinski definition) is 3. The van der Waals surface area contributed by atoms with Crippen LogP contribution in [0.3, 0.4) is 0 Å². The molecule has 2 N–H and O–H groups in total. The summed E-state index contributed by atoms with van der Waals surface area (Å²) >= 11 is 5.87. The number of carbonyl (C=O) groups excluding carboxylic acids is 1. The number of ether oxygens (including phenoxy) is 1. The first-order valence-electron chi connectivity index (χ1n) is 6.37. The highest BCUT2D eigenvalue weighted by Crippen LogP contribution is 2.23. The zero-order valence-electron chi connectivity index (χ0n) is 11.0. The molecular formula is C14H18ClNO3. The Morgan fingerprint density at radius 1 is 1.53 bits per heavy atom. The van der Waals surface area contributed by atoms with E-state index >= 15 is 0 Å². The van der Waals surface area contributed by atoms with Crippen molar-refractivity contribution in [2.24, 2.45) is 0 Å². The van der Waals surface area contributed by atoms with Gasteiger partial charge >= 0.3 is 0 Å².